The third kappa shape index (κ3) is 5.33. The van der Waals surface area contributed by atoms with Gasteiger partial charge in [-0.25, -0.2) is 0 Å². The number of carbonyl (C=O) groups excluding carboxylic acids is 2. The first-order valence-electron chi connectivity index (χ1n) is 8.27. The highest BCUT2D eigenvalue weighted by Crippen LogP contribution is 2.23. The van der Waals surface area contributed by atoms with Crippen LogP contribution in [-0.2, 0) is 16.0 Å². The summed E-state index contributed by atoms with van der Waals surface area (Å²) in [6.45, 7) is 5.64. The zero-order valence-electron chi connectivity index (χ0n) is 14.7. The van der Waals surface area contributed by atoms with Crippen molar-refractivity contribution in [3.8, 4) is 0 Å². The van der Waals surface area contributed by atoms with Crippen molar-refractivity contribution in [2.75, 3.05) is 5.32 Å². The number of hydrogen-bond donors (Lipinski definition) is 2. The van der Waals surface area contributed by atoms with Crippen LogP contribution in [0.2, 0.25) is 5.02 Å². The highest BCUT2D eigenvalue weighted by molar-refractivity contribution is 6.31. The van der Waals surface area contributed by atoms with E-state index in [1.165, 1.54) is 0 Å². The minimum absolute atomic E-state index is 0.0424. The lowest BCUT2D eigenvalue weighted by atomic mass is 10.0. The van der Waals surface area contributed by atoms with Crippen molar-refractivity contribution in [1.29, 1.82) is 0 Å². The van der Waals surface area contributed by atoms with E-state index in [1.54, 1.807) is 18.2 Å². The molecule has 2 rings (SSSR count). The van der Waals surface area contributed by atoms with Gasteiger partial charge in [0.15, 0.2) is 0 Å². The lowest BCUT2D eigenvalue weighted by Gasteiger charge is -2.22. The van der Waals surface area contributed by atoms with Crippen molar-refractivity contribution in [2.24, 2.45) is 5.92 Å². The van der Waals surface area contributed by atoms with Crippen molar-refractivity contribution >= 4 is 29.1 Å². The molecular formula is C20H23ClN2O2. The Labute approximate surface area is 153 Å². The molecule has 2 aromatic rings. The second-order valence-electron chi connectivity index (χ2n) is 6.35. The summed E-state index contributed by atoms with van der Waals surface area (Å²) in [6, 6.07) is 14.2. The number of anilines is 1. The largest absolute Gasteiger partial charge is 0.344 e. The second kappa shape index (κ2) is 8.67. The van der Waals surface area contributed by atoms with Crippen LogP contribution in [0.4, 0.5) is 5.69 Å². The summed E-state index contributed by atoms with van der Waals surface area (Å²) in [7, 11) is 0. The van der Waals surface area contributed by atoms with Gasteiger partial charge in [-0.2, -0.15) is 0 Å². The third-order valence-corrected chi connectivity index (χ3v) is 4.41. The van der Waals surface area contributed by atoms with Crippen molar-refractivity contribution in [3.63, 3.8) is 0 Å². The Morgan fingerprint density at radius 2 is 1.72 bits per heavy atom. The summed E-state index contributed by atoms with van der Waals surface area (Å²) in [4.78, 5) is 24.9. The monoisotopic (exact) mass is 358 g/mol. The van der Waals surface area contributed by atoms with Crippen molar-refractivity contribution in [2.45, 2.75) is 33.2 Å². The fourth-order valence-electron chi connectivity index (χ4n) is 2.49. The number of carbonyl (C=O) groups is 2. The lowest BCUT2D eigenvalue weighted by Crippen LogP contribution is -2.47. The predicted octanol–water partition coefficient (Wildman–Crippen LogP) is 3.97. The van der Waals surface area contributed by atoms with Crippen molar-refractivity contribution in [3.05, 3.63) is 64.7 Å². The molecule has 132 valence electrons. The Bertz CT molecular complexity index is 745. The van der Waals surface area contributed by atoms with Crippen LogP contribution in [0.25, 0.3) is 0 Å². The number of rotatable bonds is 6. The van der Waals surface area contributed by atoms with Crippen molar-refractivity contribution in [1.82, 2.24) is 5.32 Å². The quantitative estimate of drug-likeness (QED) is 0.820. The van der Waals surface area contributed by atoms with E-state index < -0.39 is 6.04 Å². The Kier molecular flexibility index (Phi) is 6.59. The maximum absolute atomic E-state index is 12.6. The van der Waals surface area contributed by atoms with Crippen LogP contribution in [0.15, 0.2) is 48.5 Å². The van der Waals surface area contributed by atoms with Crippen molar-refractivity contribution < 1.29 is 9.59 Å². The summed E-state index contributed by atoms with van der Waals surface area (Å²) in [5, 5.41) is 6.29. The molecule has 0 aliphatic rings. The molecule has 0 saturated carbocycles. The summed E-state index contributed by atoms with van der Waals surface area (Å²) in [5.41, 5.74) is 2.37. The molecule has 5 heteroatoms. The molecule has 0 spiro atoms. The van der Waals surface area contributed by atoms with Crippen LogP contribution >= 0.6 is 11.6 Å². The highest BCUT2D eigenvalue weighted by Gasteiger charge is 2.24. The molecule has 4 nitrogen and oxygen atoms in total. The maximum Gasteiger partial charge on any atom is 0.247 e. The number of amides is 2. The van der Waals surface area contributed by atoms with Gasteiger partial charge < -0.3 is 10.6 Å². The topological polar surface area (TPSA) is 58.2 Å². The van der Waals surface area contributed by atoms with Gasteiger partial charge in [-0.3, -0.25) is 9.59 Å². The van der Waals surface area contributed by atoms with Crippen LogP contribution in [0.3, 0.4) is 0 Å². The SMILES string of the molecule is Cc1c(Cl)cccc1NC(=O)C(NC(=O)Cc1ccccc1)C(C)C. The average molecular weight is 359 g/mol. The van der Waals surface area contributed by atoms with E-state index in [2.05, 4.69) is 10.6 Å². The van der Waals surface area contributed by atoms with Gasteiger partial charge in [0.2, 0.25) is 11.8 Å². The van der Waals surface area contributed by atoms with Crippen LogP contribution < -0.4 is 10.6 Å². The standard InChI is InChI=1S/C20H23ClN2O2/c1-13(2)19(23-18(24)12-15-8-5-4-6-9-15)20(25)22-17-11-7-10-16(21)14(17)3/h4-11,13,19H,12H2,1-3H3,(H,22,25)(H,23,24). The Balaban J connectivity index is 2.05. The smallest absolute Gasteiger partial charge is 0.247 e. The summed E-state index contributed by atoms with van der Waals surface area (Å²) in [6.07, 6.45) is 0.244. The van der Waals surface area contributed by atoms with Crippen LogP contribution in [0.5, 0.6) is 0 Å². The van der Waals surface area contributed by atoms with E-state index in [1.807, 2.05) is 51.1 Å². The molecule has 1 unspecified atom stereocenters. The van der Waals surface area contributed by atoms with Gasteiger partial charge in [0, 0.05) is 10.7 Å². The summed E-state index contributed by atoms with van der Waals surface area (Å²) < 4.78 is 0. The van der Waals surface area contributed by atoms with E-state index in [-0.39, 0.29) is 24.2 Å². The number of hydrogen-bond acceptors (Lipinski definition) is 2. The van der Waals surface area contributed by atoms with Gasteiger partial charge in [-0.15, -0.1) is 0 Å². The molecular weight excluding hydrogens is 336 g/mol. The zero-order chi connectivity index (χ0) is 18.4. The predicted molar refractivity (Wildman–Crippen MR) is 102 cm³/mol. The van der Waals surface area contributed by atoms with Gasteiger partial charge in [-0.05, 0) is 36.1 Å². The number of nitrogens with one attached hydrogen (secondary N) is 2. The molecule has 0 aromatic heterocycles. The molecule has 0 aliphatic heterocycles. The Morgan fingerprint density at radius 1 is 1.04 bits per heavy atom. The van der Waals surface area contributed by atoms with E-state index in [0.717, 1.165) is 11.1 Å². The molecule has 0 fully saturated rings. The Morgan fingerprint density at radius 3 is 2.36 bits per heavy atom. The van der Waals surface area contributed by atoms with E-state index in [9.17, 15) is 9.59 Å². The molecule has 0 bridgehead atoms. The molecule has 0 aliphatic carbocycles. The third-order valence-electron chi connectivity index (χ3n) is 4.00. The maximum atomic E-state index is 12.6. The molecule has 1 atom stereocenters. The van der Waals surface area contributed by atoms with E-state index >= 15 is 0 Å². The van der Waals surface area contributed by atoms with Gasteiger partial charge in [0.05, 0.1) is 6.42 Å². The number of benzene rings is 2. The van der Waals surface area contributed by atoms with Gasteiger partial charge >= 0.3 is 0 Å². The van der Waals surface area contributed by atoms with Crippen LogP contribution in [-0.4, -0.2) is 17.9 Å². The lowest BCUT2D eigenvalue weighted by molar-refractivity contribution is -0.127. The molecule has 2 amide bonds. The molecule has 0 saturated heterocycles. The van der Waals surface area contributed by atoms with Gasteiger partial charge in [-0.1, -0.05) is 61.8 Å². The second-order valence-corrected chi connectivity index (χ2v) is 6.76. The van der Waals surface area contributed by atoms with Gasteiger partial charge in [0.1, 0.15) is 6.04 Å². The molecule has 2 N–H and O–H groups in total. The first kappa shape index (κ1) is 19.0. The van der Waals surface area contributed by atoms with E-state index in [0.29, 0.717) is 10.7 Å². The fraction of sp³-hybridized carbons (Fsp3) is 0.300. The Hall–Kier alpha value is -2.33. The average Bonchev–Trinajstić information content (AvgIpc) is 2.57. The molecule has 25 heavy (non-hydrogen) atoms. The van der Waals surface area contributed by atoms with Crippen LogP contribution in [0, 0.1) is 12.8 Å². The van der Waals surface area contributed by atoms with Crippen LogP contribution in [0.1, 0.15) is 25.0 Å². The summed E-state index contributed by atoms with van der Waals surface area (Å²) >= 11 is 6.09. The molecule has 0 radical (unpaired) electrons. The fourth-order valence-corrected chi connectivity index (χ4v) is 2.67. The minimum atomic E-state index is -0.616. The van der Waals surface area contributed by atoms with E-state index in [4.69, 9.17) is 11.6 Å². The first-order valence-corrected chi connectivity index (χ1v) is 8.65. The normalized spacial score (nSPS) is 11.9. The van der Waals surface area contributed by atoms with Gasteiger partial charge in [0.25, 0.3) is 0 Å². The first-order chi connectivity index (χ1) is 11.9. The molecule has 2 aromatic carbocycles. The zero-order valence-corrected chi connectivity index (χ0v) is 15.4. The minimum Gasteiger partial charge on any atom is -0.344 e. The highest BCUT2D eigenvalue weighted by atomic mass is 35.5. The molecule has 0 heterocycles. The number of halogens is 1. The summed E-state index contributed by atoms with van der Waals surface area (Å²) in [5.74, 6) is -0.469.